The van der Waals surface area contributed by atoms with Crippen LogP contribution in [0.15, 0.2) is 6.20 Å². The van der Waals surface area contributed by atoms with Gasteiger partial charge in [-0.15, -0.1) is 0 Å². The number of hydrogen-bond acceptors (Lipinski definition) is 4. The predicted molar refractivity (Wildman–Crippen MR) is 74.3 cm³/mol. The van der Waals surface area contributed by atoms with Crippen LogP contribution in [0, 0.1) is 5.92 Å². The summed E-state index contributed by atoms with van der Waals surface area (Å²) < 4.78 is 5.32. The molecule has 1 aromatic rings. The first-order chi connectivity index (χ1) is 9.72. The zero-order valence-corrected chi connectivity index (χ0v) is 11.9. The number of nitrogens with one attached hydrogen (secondary N) is 1. The summed E-state index contributed by atoms with van der Waals surface area (Å²) in [5.41, 5.74) is 2.20. The van der Waals surface area contributed by atoms with Gasteiger partial charge in [0.2, 0.25) is 0 Å². The number of nitrogens with zero attached hydrogens (tertiary/aromatic N) is 2. The molecule has 0 atom stereocenters. The molecule has 0 aromatic carbocycles. The van der Waals surface area contributed by atoms with Gasteiger partial charge < -0.3 is 10.1 Å². The number of carbonyl (C=O) groups is 1. The van der Waals surface area contributed by atoms with E-state index in [-0.39, 0.29) is 5.91 Å². The molecule has 1 aromatic heterocycles. The molecule has 2 aliphatic rings. The van der Waals surface area contributed by atoms with E-state index in [4.69, 9.17) is 4.74 Å². The molecule has 1 N–H and O–H groups in total. The van der Waals surface area contributed by atoms with Crippen molar-refractivity contribution in [2.24, 2.45) is 5.92 Å². The molecule has 3 rings (SSSR count). The highest BCUT2D eigenvalue weighted by Crippen LogP contribution is 2.23. The maximum atomic E-state index is 12.2. The van der Waals surface area contributed by atoms with Crippen LogP contribution in [0.4, 0.5) is 0 Å². The van der Waals surface area contributed by atoms with Gasteiger partial charge in [-0.1, -0.05) is 6.92 Å². The van der Waals surface area contributed by atoms with Crippen molar-refractivity contribution in [1.82, 2.24) is 15.3 Å². The Morgan fingerprint density at radius 2 is 2.10 bits per heavy atom. The Morgan fingerprint density at radius 1 is 1.30 bits per heavy atom. The standard InChI is InChI=1S/C15H21N3O2/c1-10-2-4-11(5-3-10)17-15(19)13-8-16-14-9-20-7-6-12(14)18-13/h8,10-11H,2-7,9H2,1H3,(H,17,19)/t10-,11-. The van der Waals surface area contributed by atoms with Crippen LogP contribution in [-0.2, 0) is 17.8 Å². The molecule has 2 heterocycles. The summed E-state index contributed by atoms with van der Waals surface area (Å²) in [6.07, 6.45) is 6.83. The van der Waals surface area contributed by atoms with Crippen molar-refractivity contribution in [2.75, 3.05) is 6.61 Å². The monoisotopic (exact) mass is 275 g/mol. The fraction of sp³-hybridized carbons (Fsp3) is 0.667. The van der Waals surface area contributed by atoms with Gasteiger partial charge in [-0.25, -0.2) is 4.98 Å². The molecule has 0 saturated heterocycles. The Hall–Kier alpha value is -1.49. The molecule has 0 radical (unpaired) electrons. The lowest BCUT2D eigenvalue weighted by molar-refractivity contribution is 0.0910. The first-order valence-electron chi connectivity index (χ1n) is 7.46. The third-order valence-corrected chi connectivity index (χ3v) is 4.24. The van der Waals surface area contributed by atoms with E-state index in [1.165, 1.54) is 12.8 Å². The number of fused-ring (bicyclic) bond motifs is 1. The van der Waals surface area contributed by atoms with Gasteiger partial charge in [0.1, 0.15) is 5.69 Å². The SMILES string of the molecule is C[C@H]1CC[C@H](NC(=O)c2cnc3c(n2)CCOC3)CC1. The zero-order valence-electron chi connectivity index (χ0n) is 11.9. The molecule has 0 unspecified atom stereocenters. The maximum absolute atomic E-state index is 12.2. The van der Waals surface area contributed by atoms with Gasteiger partial charge in [0, 0.05) is 12.5 Å². The van der Waals surface area contributed by atoms with Crippen molar-refractivity contribution in [1.29, 1.82) is 0 Å². The molecule has 1 fully saturated rings. The van der Waals surface area contributed by atoms with Gasteiger partial charge in [-0.05, 0) is 31.6 Å². The molecular formula is C15H21N3O2. The average molecular weight is 275 g/mol. The lowest BCUT2D eigenvalue weighted by Gasteiger charge is -2.26. The number of amides is 1. The van der Waals surface area contributed by atoms with Crippen molar-refractivity contribution < 1.29 is 9.53 Å². The van der Waals surface area contributed by atoms with Gasteiger partial charge in [-0.3, -0.25) is 9.78 Å². The van der Waals surface area contributed by atoms with Gasteiger partial charge >= 0.3 is 0 Å². The van der Waals surface area contributed by atoms with Crippen LogP contribution in [0.3, 0.4) is 0 Å². The second-order valence-corrected chi connectivity index (χ2v) is 5.88. The van der Waals surface area contributed by atoms with E-state index in [2.05, 4.69) is 22.2 Å². The Morgan fingerprint density at radius 3 is 2.90 bits per heavy atom. The molecule has 5 nitrogen and oxygen atoms in total. The van der Waals surface area contributed by atoms with E-state index >= 15 is 0 Å². The van der Waals surface area contributed by atoms with Crippen LogP contribution in [0.25, 0.3) is 0 Å². The largest absolute Gasteiger partial charge is 0.375 e. The van der Waals surface area contributed by atoms with E-state index in [0.29, 0.717) is 24.9 Å². The number of hydrogen-bond donors (Lipinski definition) is 1. The van der Waals surface area contributed by atoms with Gasteiger partial charge in [0.15, 0.2) is 0 Å². The minimum atomic E-state index is -0.0913. The summed E-state index contributed by atoms with van der Waals surface area (Å²) in [4.78, 5) is 21.0. The van der Waals surface area contributed by atoms with Crippen LogP contribution in [0.1, 0.15) is 54.5 Å². The highest BCUT2D eigenvalue weighted by molar-refractivity contribution is 5.92. The van der Waals surface area contributed by atoms with Gasteiger partial charge in [-0.2, -0.15) is 0 Å². The molecule has 1 aliphatic heterocycles. The summed E-state index contributed by atoms with van der Waals surface area (Å²) in [6.45, 7) is 3.44. The zero-order chi connectivity index (χ0) is 13.9. The van der Waals surface area contributed by atoms with Crippen LogP contribution in [0.2, 0.25) is 0 Å². The molecule has 20 heavy (non-hydrogen) atoms. The van der Waals surface area contributed by atoms with Crippen molar-refractivity contribution in [3.05, 3.63) is 23.3 Å². The number of rotatable bonds is 2. The number of aromatic nitrogens is 2. The van der Waals surface area contributed by atoms with E-state index in [1.54, 1.807) is 6.20 Å². The lowest BCUT2D eigenvalue weighted by atomic mass is 9.87. The molecule has 5 heteroatoms. The smallest absolute Gasteiger partial charge is 0.271 e. The van der Waals surface area contributed by atoms with Crippen LogP contribution < -0.4 is 5.32 Å². The van der Waals surface area contributed by atoms with E-state index in [1.807, 2.05) is 0 Å². The highest BCUT2D eigenvalue weighted by atomic mass is 16.5. The van der Waals surface area contributed by atoms with Crippen molar-refractivity contribution in [3.8, 4) is 0 Å². The molecule has 108 valence electrons. The highest BCUT2D eigenvalue weighted by Gasteiger charge is 2.22. The molecular weight excluding hydrogens is 254 g/mol. The van der Waals surface area contributed by atoms with E-state index in [9.17, 15) is 4.79 Å². The summed E-state index contributed by atoms with van der Waals surface area (Å²) in [5.74, 6) is 0.693. The fourth-order valence-corrected chi connectivity index (χ4v) is 2.88. The molecule has 1 amide bonds. The topological polar surface area (TPSA) is 64.1 Å². The third-order valence-electron chi connectivity index (χ3n) is 4.24. The summed E-state index contributed by atoms with van der Waals surface area (Å²) in [7, 11) is 0. The summed E-state index contributed by atoms with van der Waals surface area (Å²) in [6, 6.07) is 0.292. The average Bonchev–Trinajstić information content (AvgIpc) is 2.49. The molecule has 1 saturated carbocycles. The van der Waals surface area contributed by atoms with Gasteiger partial charge in [0.05, 0.1) is 30.8 Å². The van der Waals surface area contributed by atoms with Crippen LogP contribution >= 0.6 is 0 Å². The second kappa shape index (κ2) is 5.87. The first-order valence-corrected chi connectivity index (χ1v) is 7.46. The van der Waals surface area contributed by atoms with E-state index < -0.39 is 0 Å². The van der Waals surface area contributed by atoms with Crippen LogP contribution in [0.5, 0.6) is 0 Å². The van der Waals surface area contributed by atoms with Crippen LogP contribution in [-0.4, -0.2) is 28.5 Å². The quantitative estimate of drug-likeness (QED) is 0.894. The normalized spacial score (nSPS) is 25.9. The third kappa shape index (κ3) is 2.98. The van der Waals surface area contributed by atoms with Crippen molar-refractivity contribution in [3.63, 3.8) is 0 Å². The molecule has 0 spiro atoms. The summed E-state index contributed by atoms with van der Waals surface area (Å²) in [5, 5.41) is 3.09. The second-order valence-electron chi connectivity index (χ2n) is 5.88. The first kappa shape index (κ1) is 13.5. The lowest BCUT2D eigenvalue weighted by Crippen LogP contribution is -2.38. The van der Waals surface area contributed by atoms with E-state index in [0.717, 1.165) is 36.6 Å². The van der Waals surface area contributed by atoms with Crippen molar-refractivity contribution >= 4 is 5.91 Å². The number of ether oxygens (including phenoxy) is 1. The minimum Gasteiger partial charge on any atom is -0.375 e. The molecule has 1 aliphatic carbocycles. The fourth-order valence-electron chi connectivity index (χ4n) is 2.88. The Kier molecular flexibility index (Phi) is 3.96. The van der Waals surface area contributed by atoms with Crippen molar-refractivity contribution in [2.45, 2.75) is 51.7 Å². The Balaban J connectivity index is 1.65. The molecule has 0 bridgehead atoms. The maximum Gasteiger partial charge on any atom is 0.271 e. The Bertz CT molecular complexity index is 496. The minimum absolute atomic E-state index is 0.0913. The Labute approximate surface area is 119 Å². The predicted octanol–water partition coefficient (Wildman–Crippen LogP) is 1.86. The van der Waals surface area contributed by atoms with Gasteiger partial charge in [0.25, 0.3) is 5.91 Å². The summed E-state index contributed by atoms with van der Waals surface area (Å²) >= 11 is 0. The number of carbonyl (C=O) groups excluding carboxylic acids is 1.